The van der Waals surface area contributed by atoms with Gasteiger partial charge in [0.15, 0.2) is 11.3 Å². The van der Waals surface area contributed by atoms with Gasteiger partial charge in [-0.15, -0.1) is 0 Å². The topological polar surface area (TPSA) is 52.8 Å². The molecule has 3 aromatic heterocycles. The van der Waals surface area contributed by atoms with Crippen molar-refractivity contribution in [1.82, 2.24) is 19.5 Å². The van der Waals surface area contributed by atoms with Crippen molar-refractivity contribution in [2.75, 3.05) is 0 Å². The van der Waals surface area contributed by atoms with Crippen LogP contribution in [0.15, 0.2) is 73.1 Å². The number of ether oxygens (including phenoxy) is 1. The summed E-state index contributed by atoms with van der Waals surface area (Å²) in [6.45, 7) is 0.316. The summed E-state index contributed by atoms with van der Waals surface area (Å²) in [6.07, 6.45) is 3.69. The lowest BCUT2D eigenvalue weighted by molar-refractivity contribution is 0.294. The van der Waals surface area contributed by atoms with Crippen LogP contribution in [0.2, 0.25) is 0 Å². The first-order valence-corrected chi connectivity index (χ1v) is 9.73. The molecule has 6 heteroatoms. The number of hydrogen-bond acceptors (Lipinski definition) is 4. The molecule has 150 valence electrons. The summed E-state index contributed by atoms with van der Waals surface area (Å²) in [4.78, 5) is 13.4. The summed E-state index contributed by atoms with van der Waals surface area (Å²) in [5.41, 5.74) is 4.16. The van der Waals surface area contributed by atoms with Crippen molar-refractivity contribution >= 4 is 22.1 Å². The van der Waals surface area contributed by atoms with Gasteiger partial charge in [0.2, 0.25) is 5.88 Å². The zero-order chi connectivity index (χ0) is 21.2. The first kappa shape index (κ1) is 18.8. The number of rotatable bonds is 3. The minimum absolute atomic E-state index is 0.316. The molecule has 0 N–H and O–H groups in total. The fourth-order valence-corrected chi connectivity index (χ4v) is 3.44. The molecule has 5 nitrogen and oxygen atoms in total. The zero-order valence-corrected chi connectivity index (χ0v) is 16.7. The van der Waals surface area contributed by atoms with Crippen LogP contribution in [0.3, 0.4) is 0 Å². The lowest BCUT2D eigenvalue weighted by Crippen LogP contribution is -2.02. The van der Waals surface area contributed by atoms with Crippen LogP contribution in [0, 0.1) is 17.7 Å². The van der Waals surface area contributed by atoms with E-state index in [2.05, 4.69) is 43.5 Å². The number of pyridine rings is 1. The van der Waals surface area contributed by atoms with Gasteiger partial charge >= 0.3 is 0 Å². The Balaban J connectivity index is 1.53. The van der Waals surface area contributed by atoms with Gasteiger partial charge in [-0.1, -0.05) is 30.2 Å². The number of aryl methyl sites for hydroxylation is 1. The van der Waals surface area contributed by atoms with Gasteiger partial charge < -0.3 is 9.30 Å². The smallest absolute Gasteiger partial charge is 0.250 e. The maximum Gasteiger partial charge on any atom is 0.250 e. The van der Waals surface area contributed by atoms with E-state index in [1.165, 1.54) is 12.1 Å². The molecule has 0 saturated heterocycles. The molecule has 0 fully saturated rings. The van der Waals surface area contributed by atoms with Crippen molar-refractivity contribution in [2.45, 2.75) is 6.61 Å². The van der Waals surface area contributed by atoms with Crippen LogP contribution in [-0.4, -0.2) is 19.5 Å². The molecule has 5 aromatic rings. The lowest BCUT2D eigenvalue weighted by atomic mass is 10.2. The van der Waals surface area contributed by atoms with Gasteiger partial charge in [-0.2, -0.15) is 0 Å². The number of para-hydroxylation sites is 1. The van der Waals surface area contributed by atoms with Gasteiger partial charge in [-0.25, -0.2) is 19.3 Å². The van der Waals surface area contributed by atoms with Crippen molar-refractivity contribution in [3.63, 3.8) is 0 Å². The standard InChI is InChI=1S/C25H17FN4O/c1-30-15-18(20-8-2-3-10-23(20)30)16-31-25-22(12-11-17-6-4-7-19(26)14-17)28-24-21(29-25)9-5-13-27-24/h2-10,13-15H,16H2,1H3. The molecule has 5 rings (SSSR count). The van der Waals surface area contributed by atoms with Gasteiger partial charge in [0.05, 0.1) is 0 Å². The molecule has 31 heavy (non-hydrogen) atoms. The molecular formula is C25H17FN4O. The Morgan fingerprint density at radius 1 is 1.00 bits per heavy atom. The van der Waals surface area contributed by atoms with E-state index in [4.69, 9.17) is 4.74 Å². The molecule has 3 heterocycles. The van der Waals surface area contributed by atoms with Gasteiger partial charge in [0.1, 0.15) is 17.9 Å². The van der Waals surface area contributed by atoms with E-state index in [9.17, 15) is 4.39 Å². The largest absolute Gasteiger partial charge is 0.471 e. The van der Waals surface area contributed by atoms with E-state index < -0.39 is 0 Å². The number of benzene rings is 2. The molecule has 0 aliphatic heterocycles. The zero-order valence-electron chi connectivity index (χ0n) is 16.7. The third-order valence-corrected chi connectivity index (χ3v) is 4.90. The molecule has 2 aromatic carbocycles. The van der Waals surface area contributed by atoms with E-state index >= 15 is 0 Å². The summed E-state index contributed by atoms with van der Waals surface area (Å²) in [7, 11) is 2.00. The summed E-state index contributed by atoms with van der Waals surface area (Å²) in [6, 6.07) is 17.9. The number of fused-ring (bicyclic) bond motifs is 2. The predicted octanol–water partition coefficient (Wildman–Crippen LogP) is 4.63. The molecule has 0 spiro atoms. The Labute approximate surface area is 178 Å². The van der Waals surface area contributed by atoms with Crippen LogP contribution in [0.4, 0.5) is 4.39 Å². The van der Waals surface area contributed by atoms with E-state index in [1.54, 1.807) is 24.4 Å². The average molecular weight is 408 g/mol. The summed E-state index contributed by atoms with van der Waals surface area (Å²) in [5.74, 6) is 5.88. The Kier molecular flexibility index (Phi) is 4.77. The maximum atomic E-state index is 13.5. The van der Waals surface area contributed by atoms with Crippen LogP contribution in [0.25, 0.3) is 22.1 Å². The van der Waals surface area contributed by atoms with Crippen LogP contribution in [0.1, 0.15) is 16.8 Å². The Hall–Kier alpha value is -4.24. The van der Waals surface area contributed by atoms with Crippen molar-refractivity contribution < 1.29 is 9.13 Å². The van der Waals surface area contributed by atoms with Crippen LogP contribution >= 0.6 is 0 Å². The lowest BCUT2D eigenvalue weighted by Gasteiger charge is -2.07. The molecule has 0 bridgehead atoms. The number of aromatic nitrogens is 4. The second-order valence-corrected chi connectivity index (χ2v) is 7.05. The molecule has 0 radical (unpaired) electrons. The number of nitrogens with zero attached hydrogens (tertiary/aromatic N) is 4. The Morgan fingerprint density at radius 3 is 2.81 bits per heavy atom. The van der Waals surface area contributed by atoms with Crippen molar-refractivity contribution in [2.24, 2.45) is 7.05 Å². The quantitative estimate of drug-likeness (QED) is 0.408. The summed E-state index contributed by atoms with van der Waals surface area (Å²) in [5, 5.41) is 1.12. The minimum Gasteiger partial charge on any atom is -0.471 e. The van der Waals surface area contributed by atoms with E-state index in [0.717, 1.165) is 16.5 Å². The van der Waals surface area contributed by atoms with E-state index in [1.807, 2.05) is 31.4 Å². The summed E-state index contributed by atoms with van der Waals surface area (Å²) >= 11 is 0. The molecule has 0 saturated carbocycles. The first-order chi connectivity index (χ1) is 15.2. The number of hydrogen-bond donors (Lipinski definition) is 0. The van der Waals surface area contributed by atoms with Crippen molar-refractivity contribution in [3.05, 3.63) is 95.7 Å². The van der Waals surface area contributed by atoms with E-state index in [-0.39, 0.29) is 5.82 Å². The van der Waals surface area contributed by atoms with Crippen molar-refractivity contribution in [1.29, 1.82) is 0 Å². The summed E-state index contributed by atoms with van der Waals surface area (Å²) < 4.78 is 21.6. The highest BCUT2D eigenvalue weighted by molar-refractivity contribution is 5.83. The maximum absolute atomic E-state index is 13.5. The highest BCUT2D eigenvalue weighted by Crippen LogP contribution is 2.23. The predicted molar refractivity (Wildman–Crippen MR) is 117 cm³/mol. The molecule has 0 aliphatic rings. The molecule has 0 amide bonds. The Bertz CT molecular complexity index is 1480. The minimum atomic E-state index is -0.342. The van der Waals surface area contributed by atoms with Crippen LogP contribution < -0.4 is 4.74 Å². The van der Waals surface area contributed by atoms with Crippen molar-refractivity contribution in [3.8, 4) is 17.7 Å². The SMILES string of the molecule is Cn1cc(COc2nc3cccnc3nc2C#Cc2cccc(F)c2)c2ccccc21. The fraction of sp³-hybridized carbons (Fsp3) is 0.0800. The molecular weight excluding hydrogens is 391 g/mol. The third kappa shape index (κ3) is 3.81. The molecule has 0 aliphatic carbocycles. The normalized spacial score (nSPS) is 10.8. The van der Waals surface area contributed by atoms with Gasteiger partial charge in [-0.05, 0) is 42.3 Å². The first-order valence-electron chi connectivity index (χ1n) is 9.73. The highest BCUT2D eigenvalue weighted by Gasteiger charge is 2.12. The average Bonchev–Trinajstić information content (AvgIpc) is 3.12. The fourth-order valence-electron chi connectivity index (χ4n) is 3.44. The van der Waals surface area contributed by atoms with Gasteiger partial charge in [-0.3, -0.25) is 0 Å². The second kappa shape index (κ2) is 7.88. The number of halogens is 1. The van der Waals surface area contributed by atoms with Gasteiger partial charge in [0.25, 0.3) is 0 Å². The second-order valence-electron chi connectivity index (χ2n) is 7.05. The highest BCUT2D eigenvalue weighted by atomic mass is 19.1. The monoisotopic (exact) mass is 408 g/mol. The molecule has 0 atom stereocenters. The van der Waals surface area contributed by atoms with E-state index in [0.29, 0.717) is 34.9 Å². The third-order valence-electron chi connectivity index (χ3n) is 4.90. The molecule has 0 unspecified atom stereocenters. The Morgan fingerprint density at radius 2 is 1.90 bits per heavy atom. The van der Waals surface area contributed by atoms with Crippen LogP contribution in [0.5, 0.6) is 5.88 Å². The van der Waals surface area contributed by atoms with Crippen LogP contribution in [-0.2, 0) is 13.7 Å². The van der Waals surface area contributed by atoms with Gasteiger partial charge in [0, 0.05) is 41.5 Å².